The van der Waals surface area contributed by atoms with E-state index in [2.05, 4.69) is 34.6 Å². The molecule has 3 N–H and O–H groups in total. The van der Waals surface area contributed by atoms with Gasteiger partial charge in [0.25, 0.3) is 0 Å². The SMILES string of the molecule is CC(=O)O[C@H]1CO[C@@H](O[C@H]2CC[C@]34C[C@]35CC[C@]3(C)[C@@H]([C@H](C)C[C@@H](OC(C)=O)[C@@H]6OC6(C)C)C(=O)[C@H](O)[C@@]3(C)[C@@H]5CC[C@H]4C2(C)C)[C@H](O)[C@H]1O. The van der Waals surface area contributed by atoms with Gasteiger partial charge in [0.2, 0.25) is 0 Å². The third-order valence-electron chi connectivity index (χ3n) is 16.0. The number of carbonyl (C=O) groups excluding carboxylic acids is 3. The number of carbonyl (C=O) groups is 3. The van der Waals surface area contributed by atoms with Gasteiger partial charge in [0, 0.05) is 25.2 Å². The molecule has 2 heterocycles. The predicted molar refractivity (Wildman–Crippen MR) is 179 cm³/mol. The number of aliphatic hydroxyl groups is 3. The first-order valence-corrected chi connectivity index (χ1v) is 19.1. The van der Waals surface area contributed by atoms with E-state index in [1.165, 1.54) is 13.8 Å². The molecule has 2 saturated heterocycles. The Balaban J connectivity index is 1.09. The van der Waals surface area contributed by atoms with Crippen LogP contribution in [0.4, 0.5) is 0 Å². The Labute approximate surface area is 296 Å². The van der Waals surface area contributed by atoms with Crippen molar-refractivity contribution < 1.29 is 53.4 Å². The number of hydrogen-bond acceptors (Lipinski definition) is 11. The summed E-state index contributed by atoms with van der Waals surface area (Å²) in [5, 5.41) is 33.6. The molecule has 2 aliphatic heterocycles. The molecule has 0 unspecified atom stereocenters. The fraction of sp³-hybridized carbons (Fsp3) is 0.923. The van der Waals surface area contributed by atoms with Crippen molar-refractivity contribution in [3.8, 4) is 0 Å². The zero-order valence-corrected chi connectivity index (χ0v) is 31.4. The van der Waals surface area contributed by atoms with E-state index in [0.29, 0.717) is 12.3 Å². The van der Waals surface area contributed by atoms with Crippen molar-refractivity contribution in [1.29, 1.82) is 0 Å². The summed E-state index contributed by atoms with van der Waals surface area (Å²) in [5.74, 6) is -0.837. The molecule has 0 aromatic heterocycles. The highest BCUT2D eigenvalue weighted by atomic mass is 16.7. The first kappa shape index (κ1) is 36.7. The molecule has 0 bridgehead atoms. The minimum absolute atomic E-state index is 0.0479. The van der Waals surface area contributed by atoms with E-state index < -0.39 is 53.6 Å². The minimum atomic E-state index is -1.34. The molecule has 0 radical (unpaired) electrons. The molecular weight excluding hydrogens is 644 g/mol. The zero-order chi connectivity index (χ0) is 36.6. The van der Waals surface area contributed by atoms with Gasteiger partial charge in [0.05, 0.1) is 18.3 Å². The molecular formula is C39H60O11. The van der Waals surface area contributed by atoms with Crippen LogP contribution in [-0.4, -0.2) is 94.3 Å². The van der Waals surface area contributed by atoms with E-state index >= 15 is 0 Å². The van der Waals surface area contributed by atoms with E-state index in [9.17, 15) is 29.7 Å². The normalized spacial score (nSPS) is 50.8. The van der Waals surface area contributed by atoms with E-state index in [1.807, 2.05) is 13.8 Å². The summed E-state index contributed by atoms with van der Waals surface area (Å²) >= 11 is 0. The average Bonchev–Trinajstić information content (AvgIpc) is 3.87. The highest BCUT2D eigenvalue weighted by Gasteiger charge is 2.84. The van der Waals surface area contributed by atoms with E-state index in [4.69, 9.17) is 23.7 Å². The highest BCUT2D eigenvalue weighted by molar-refractivity contribution is 5.90. The lowest BCUT2D eigenvalue weighted by atomic mass is 9.41. The maximum absolute atomic E-state index is 14.3. The predicted octanol–water partition coefficient (Wildman–Crippen LogP) is 4.11. The van der Waals surface area contributed by atoms with Crippen molar-refractivity contribution in [1.82, 2.24) is 0 Å². The Kier molecular flexibility index (Phi) is 8.58. The average molecular weight is 705 g/mol. The molecule has 0 aromatic carbocycles. The van der Waals surface area contributed by atoms with Gasteiger partial charge < -0.3 is 39.0 Å². The molecule has 5 aliphatic carbocycles. The van der Waals surface area contributed by atoms with Gasteiger partial charge in [-0.3, -0.25) is 14.4 Å². The number of rotatable bonds is 8. The fourth-order valence-electron chi connectivity index (χ4n) is 13.5. The van der Waals surface area contributed by atoms with Crippen LogP contribution in [0.25, 0.3) is 0 Å². The topological polar surface area (TPSA) is 161 Å². The smallest absolute Gasteiger partial charge is 0.303 e. The standard InChI is InChI=1S/C39H60O11/c1-19(16-22(47-20(2)40)32-35(6,7)50-32)27-29(43)31(45)37(9)25-11-10-24-34(4,5)26(12-13-38(24)18-39(25,38)15-14-36(27,37)8)49-33-30(44)28(42)23(17-46-33)48-21(3)41/h19,22-28,30-33,42,44-45H,10-18H2,1-9H3/t19-,22-,23+,24+,25+,26+,27+,28+,30-,31+,32+,33+,36-,37-,38-,39+/m1/s1. The Hall–Kier alpha value is -1.63. The lowest BCUT2D eigenvalue weighted by molar-refractivity contribution is -0.304. The largest absolute Gasteiger partial charge is 0.460 e. The Bertz CT molecular complexity index is 1410. The van der Waals surface area contributed by atoms with Crippen LogP contribution >= 0.6 is 0 Å². The summed E-state index contributed by atoms with van der Waals surface area (Å²) in [6.45, 7) is 17.7. The minimum Gasteiger partial charge on any atom is -0.460 e. The molecule has 5 saturated carbocycles. The monoisotopic (exact) mass is 704 g/mol. The van der Waals surface area contributed by atoms with Crippen LogP contribution in [0.3, 0.4) is 0 Å². The summed E-state index contributed by atoms with van der Waals surface area (Å²) in [4.78, 5) is 37.8. The van der Waals surface area contributed by atoms with E-state index in [1.54, 1.807) is 0 Å². The lowest BCUT2D eigenvalue weighted by Crippen LogP contribution is -2.61. The quantitative estimate of drug-likeness (QED) is 0.190. The van der Waals surface area contributed by atoms with Crippen LogP contribution in [-0.2, 0) is 38.1 Å². The molecule has 11 heteroatoms. The van der Waals surface area contributed by atoms with Crippen molar-refractivity contribution >= 4 is 17.7 Å². The summed E-state index contributed by atoms with van der Waals surface area (Å²) in [6.07, 6.45) is 0.598. The molecule has 7 aliphatic rings. The van der Waals surface area contributed by atoms with Crippen LogP contribution in [0.15, 0.2) is 0 Å². The van der Waals surface area contributed by atoms with Gasteiger partial charge in [0.1, 0.15) is 30.5 Å². The second-order valence-corrected chi connectivity index (χ2v) is 19.0. The van der Waals surface area contributed by atoms with Gasteiger partial charge >= 0.3 is 11.9 Å². The Morgan fingerprint density at radius 3 is 2.16 bits per heavy atom. The molecule has 16 atom stereocenters. The number of hydrogen-bond donors (Lipinski definition) is 3. The van der Waals surface area contributed by atoms with Crippen LogP contribution in [0.2, 0.25) is 0 Å². The molecule has 7 rings (SSSR count). The molecule has 0 amide bonds. The molecule has 7 fully saturated rings. The summed E-state index contributed by atoms with van der Waals surface area (Å²) in [5.41, 5.74) is -1.45. The number of ketones is 1. The van der Waals surface area contributed by atoms with Crippen LogP contribution in [0.1, 0.15) is 114 Å². The molecule has 2 spiro atoms. The first-order valence-electron chi connectivity index (χ1n) is 19.1. The first-order chi connectivity index (χ1) is 23.2. The summed E-state index contributed by atoms with van der Waals surface area (Å²) < 4.78 is 29.1. The maximum atomic E-state index is 14.3. The van der Waals surface area contributed by atoms with Gasteiger partial charge in [-0.1, -0.05) is 34.6 Å². The van der Waals surface area contributed by atoms with Crippen LogP contribution in [0.5, 0.6) is 0 Å². The van der Waals surface area contributed by atoms with Crippen molar-refractivity contribution in [2.24, 2.45) is 50.7 Å². The zero-order valence-electron chi connectivity index (χ0n) is 31.4. The van der Waals surface area contributed by atoms with Gasteiger partial charge in [0.15, 0.2) is 18.2 Å². The second-order valence-electron chi connectivity index (χ2n) is 19.0. The number of epoxide rings is 1. The van der Waals surface area contributed by atoms with Gasteiger partial charge in [-0.05, 0) is 105 Å². The number of ether oxygens (including phenoxy) is 5. The Morgan fingerprint density at radius 1 is 0.900 bits per heavy atom. The van der Waals surface area contributed by atoms with Crippen molar-refractivity contribution in [3.05, 3.63) is 0 Å². The lowest BCUT2D eigenvalue weighted by Gasteiger charge is -2.63. The number of fused-ring (bicyclic) bond motifs is 2. The molecule has 11 nitrogen and oxygen atoms in total. The van der Waals surface area contributed by atoms with Gasteiger partial charge in [-0.25, -0.2) is 0 Å². The van der Waals surface area contributed by atoms with Crippen LogP contribution in [0, 0.1) is 50.7 Å². The van der Waals surface area contributed by atoms with E-state index in [0.717, 1.165) is 44.9 Å². The van der Waals surface area contributed by atoms with Crippen LogP contribution < -0.4 is 0 Å². The van der Waals surface area contributed by atoms with Crippen molar-refractivity contribution in [2.45, 2.75) is 168 Å². The number of esters is 2. The maximum Gasteiger partial charge on any atom is 0.303 e. The summed E-state index contributed by atoms with van der Waals surface area (Å²) in [7, 11) is 0. The summed E-state index contributed by atoms with van der Waals surface area (Å²) in [6, 6.07) is 0. The van der Waals surface area contributed by atoms with Crippen molar-refractivity contribution in [2.75, 3.05) is 6.61 Å². The Morgan fingerprint density at radius 2 is 1.54 bits per heavy atom. The van der Waals surface area contributed by atoms with Gasteiger partial charge in [-0.2, -0.15) is 0 Å². The molecule has 0 aromatic rings. The van der Waals surface area contributed by atoms with Gasteiger partial charge in [-0.15, -0.1) is 0 Å². The third-order valence-corrected chi connectivity index (χ3v) is 16.0. The molecule has 282 valence electrons. The fourth-order valence-corrected chi connectivity index (χ4v) is 13.5. The van der Waals surface area contributed by atoms with Crippen molar-refractivity contribution in [3.63, 3.8) is 0 Å². The highest BCUT2D eigenvalue weighted by Crippen LogP contribution is 2.89. The number of Topliss-reactive ketones (excluding diaryl/α,β-unsaturated/α-hetero) is 1. The second kappa shape index (κ2) is 11.7. The number of aliphatic hydroxyl groups excluding tert-OH is 3. The molecule has 50 heavy (non-hydrogen) atoms. The third kappa shape index (κ3) is 4.99. The van der Waals surface area contributed by atoms with E-state index in [-0.39, 0.29) is 70.2 Å².